The fourth-order valence-corrected chi connectivity index (χ4v) is 16.6. The number of hydrogen-bond donors (Lipinski definition) is 7. The molecule has 18 nitrogen and oxygen atoms in total. The summed E-state index contributed by atoms with van der Waals surface area (Å²) in [7, 11) is 5.20. The van der Waals surface area contributed by atoms with Crippen LogP contribution in [0.3, 0.4) is 0 Å². The Morgan fingerprint density at radius 3 is 2.20 bits per heavy atom. The van der Waals surface area contributed by atoms with Crippen molar-refractivity contribution >= 4 is 17.7 Å². The van der Waals surface area contributed by atoms with E-state index in [1.165, 1.54) is 32.3 Å². The summed E-state index contributed by atoms with van der Waals surface area (Å²) in [5.74, 6) is -5.98. The quantitative estimate of drug-likeness (QED) is 0.101. The van der Waals surface area contributed by atoms with E-state index in [1.54, 1.807) is 55.4 Å². The van der Waals surface area contributed by atoms with Crippen LogP contribution in [0.5, 0.6) is 0 Å². The minimum atomic E-state index is -2.26. The van der Waals surface area contributed by atoms with Crippen molar-refractivity contribution in [3.8, 4) is 0 Å². The molecule has 0 spiro atoms. The molecular weight excluding hydrogens is 1050 g/mol. The van der Waals surface area contributed by atoms with Crippen molar-refractivity contribution in [1.29, 1.82) is 0 Å². The van der Waals surface area contributed by atoms with Crippen LogP contribution in [0, 0.1) is 52.3 Å². The van der Waals surface area contributed by atoms with Crippen LogP contribution in [0.25, 0.3) is 0 Å². The lowest BCUT2D eigenvalue weighted by molar-refractivity contribution is -0.318. The summed E-state index contributed by atoms with van der Waals surface area (Å²) in [6.45, 7) is 23.4. The van der Waals surface area contributed by atoms with Gasteiger partial charge in [-0.25, -0.2) is 8.78 Å². The van der Waals surface area contributed by atoms with Crippen molar-refractivity contribution in [3.05, 3.63) is 23.8 Å². The summed E-state index contributed by atoms with van der Waals surface area (Å²) < 4.78 is 72.3. The highest BCUT2D eigenvalue weighted by Gasteiger charge is 2.73. The molecule has 3 saturated heterocycles. The molecule has 0 aromatic rings. The summed E-state index contributed by atoms with van der Waals surface area (Å²) in [5.41, 5.74) is -9.44. The molecule has 3 aliphatic heterocycles. The number of hydrogen-bond acceptors (Lipinski definition) is 17. The van der Waals surface area contributed by atoms with E-state index in [-0.39, 0.29) is 87.2 Å². The summed E-state index contributed by atoms with van der Waals surface area (Å²) in [5, 5.41) is 75.7. The molecule has 0 radical (unpaired) electrons. The third-order valence-electron chi connectivity index (χ3n) is 21.2. The van der Waals surface area contributed by atoms with E-state index < -0.39 is 148 Å². The van der Waals surface area contributed by atoms with Gasteiger partial charge in [0.15, 0.2) is 24.0 Å². The summed E-state index contributed by atoms with van der Waals surface area (Å²) >= 11 is 0. The number of ether oxygens (including phenoxy) is 6. The van der Waals surface area contributed by atoms with Gasteiger partial charge in [0.2, 0.25) is 5.91 Å². The van der Waals surface area contributed by atoms with E-state index in [0.29, 0.717) is 19.3 Å². The first-order valence-corrected chi connectivity index (χ1v) is 30.0. The van der Waals surface area contributed by atoms with Gasteiger partial charge in [-0.05, 0) is 155 Å². The van der Waals surface area contributed by atoms with Gasteiger partial charge in [-0.2, -0.15) is 0 Å². The topological polar surface area (TPSA) is 246 Å². The van der Waals surface area contributed by atoms with E-state index >= 15 is 8.78 Å². The normalized spacial score (nSPS) is 50.3. The lowest BCUT2D eigenvalue weighted by Gasteiger charge is -2.62. The summed E-state index contributed by atoms with van der Waals surface area (Å²) in [4.78, 5) is 45.5. The van der Waals surface area contributed by atoms with Crippen molar-refractivity contribution < 1.29 is 82.2 Å². The number of rotatable bonds is 12. The number of nitrogens with one attached hydrogen (secondary N) is 1. The SMILES string of the molecule is CC[C@H]1OC(=O)[C@H](C)[C@@H](O[C@H]2C[C@@](C)(OC)[C@@H](O)[C@H](C)O2)[C@H](C)[C@@H](O[C@@H]2O[C@H](C)C[C@H](N(C)C)[C@H]2O)[C@](C)(O)C[C@@H](C)CN(CCCNC(=O)[C@H]2[C@H](C)C[C@H]3[C@@H]4C[C@H](F)C5=CC(=O)C=C[C@]5(C)[C@@]4(F)[C@@H](O)C[C@@]32C)[C@H](C)[C@@H](O)[C@]1(C)O. The van der Waals surface area contributed by atoms with Gasteiger partial charge in [0.1, 0.15) is 36.2 Å². The second-order valence-electron chi connectivity index (χ2n) is 27.5. The molecule has 0 aromatic carbocycles. The fraction of sp³-hybridized carbons (Fsp3) is 0.885. The van der Waals surface area contributed by atoms with Crippen molar-refractivity contribution in [2.24, 2.45) is 52.3 Å². The van der Waals surface area contributed by atoms with Crippen LogP contribution in [0.2, 0.25) is 0 Å². The van der Waals surface area contributed by atoms with E-state index in [4.69, 9.17) is 28.4 Å². The second-order valence-corrected chi connectivity index (χ2v) is 27.5. The Morgan fingerprint density at radius 1 is 0.901 bits per heavy atom. The maximum atomic E-state index is 17.9. The average Bonchev–Trinajstić information content (AvgIpc) is 3.80. The smallest absolute Gasteiger partial charge is 0.311 e. The lowest BCUT2D eigenvalue weighted by Crippen LogP contribution is -2.68. The van der Waals surface area contributed by atoms with Gasteiger partial charge < -0.3 is 69.3 Å². The maximum Gasteiger partial charge on any atom is 0.311 e. The number of amides is 1. The van der Waals surface area contributed by atoms with Crippen LogP contribution in [0.15, 0.2) is 23.8 Å². The number of nitrogens with zero attached hydrogens (tertiary/aromatic N) is 2. The predicted molar refractivity (Wildman–Crippen MR) is 297 cm³/mol. The first kappa shape index (κ1) is 66.0. The Kier molecular flexibility index (Phi) is 20.1. The molecule has 0 bridgehead atoms. The Bertz CT molecular complexity index is 2290. The number of allylic oxidation sites excluding steroid dienone is 4. The average molecular weight is 1150 g/mol. The Balaban J connectivity index is 1.15. The number of alkyl halides is 2. The molecule has 3 saturated carbocycles. The molecule has 7 N–H and O–H groups in total. The van der Waals surface area contributed by atoms with Gasteiger partial charge in [-0.15, -0.1) is 0 Å². The third-order valence-corrected chi connectivity index (χ3v) is 21.2. The number of halogens is 2. The molecule has 6 fully saturated rings. The van der Waals surface area contributed by atoms with Gasteiger partial charge >= 0.3 is 5.97 Å². The molecule has 20 heteroatoms. The first-order valence-electron chi connectivity index (χ1n) is 30.0. The number of methoxy groups -OCH3 is 1. The van der Waals surface area contributed by atoms with Crippen LogP contribution in [-0.2, 0) is 42.8 Å². The number of esters is 1. The van der Waals surface area contributed by atoms with Crippen molar-refractivity contribution in [1.82, 2.24) is 15.1 Å². The number of cyclic esters (lactones) is 1. The van der Waals surface area contributed by atoms with Gasteiger partial charge in [0.25, 0.3) is 0 Å². The van der Waals surface area contributed by atoms with Crippen molar-refractivity contribution in [2.75, 3.05) is 40.8 Å². The largest absolute Gasteiger partial charge is 0.459 e. The molecule has 0 aromatic heterocycles. The zero-order valence-electron chi connectivity index (χ0n) is 51.1. The Labute approximate surface area is 480 Å². The van der Waals surface area contributed by atoms with Gasteiger partial charge in [-0.3, -0.25) is 19.3 Å². The summed E-state index contributed by atoms with van der Waals surface area (Å²) in [6, 6.07) is -1.14. The Hall–Kier alpha value is -2.57. The number of likely N-dealkylation sites (N-methyl/N-ethyl adjacent to an activating group) is 1. The van der Waals surface area contributed by atoms with Crippen LogP contribution >= 0.6 is 0 Å². The molecule has 7 aliphatic rings. The number of fused-ring (bicyclic) bond motifs is 5. The standard InChI is InChI=1S/C61H101F2N3O15/c1-17-45-60(13,75)50(70)36(7)66(22-18-21-64-53(72)47-32(3)23-39-40-26-42(62)41-25-38(67)19-20-57(41,10)61(40,63)44(68)28-56(39,47)9)30-31(2)27-58(11,74)52(81-55-48(69)43(65(14)15)24-33(4)77-55)34(5)49(35(6)54(73)79-45)80-46-29-59(12,76-16)51(71)37(8)78-46/h19-20,25,31-37,39-40,42-52,55,68-71,74-75H,17-18,21-24,26-30H2,1-16H3,(H,64,72)/t31-,32-,33-,34+,35-,36-,37+,39+,40+,42+,43+,44+,45-,46+,47-,48-,49+,50-,51+,52-,55+,56+,57+,58-,59-,60-,61+/m1/s1. The van der Waals surface area contributed by atoms with Gasteiger partial charge in [0.05, 0.1) is 47.6 Å². The second kappa shape index (κ2) is 24.7. The molecule has 1 amide bonds. The van der Waals surface area contributed by atoms with E-state index in [9.17, 15) is 45.0 Å². The molecule has 27 atom stereocenters. The number of aliphatic hydroxyl groups excluding tert-OH is 4. The minimum Gasteiger partial charge on any atom is -0.459 e. The minimum absolute atomic E-state index is 0.0259. The molecule has 4 aliphatic carbocycles. The van der Waals surface area contributed by atoms with Crippen LogP contribution < -0.4 is 5.32 Å². The monoisotopic (exact) mass is 1150 g/mol. The number of ketones is 1. The highest BCUT2D eigenvalue weighted by Crippen LogP contribution is 2.70. The number of carbonyl (C=O) groups is 3. The third kappa shape index (κ3) is 12.3. The van der Waals surface area contributed by atoms with Gasteiger partial charge in [-0.1, -0.05) is 40.7 Å². The van der Waals surface area contributed by atoms with E-state index in [1.807, 2.05) is 51.6 Å². The van der Waals surface area contributed by atoms with Crippen LogP contribution in [0.1, 0.15) is 141 Å². The molecule has 3 heterocycles. The molecular formula is C61H101F2N3O15. The Morgan fingerprint density at radius 2 is 1.57 bits per heavy atom. The maximum absolute atomic E-state index is 17.9. The lowest BCUT2D eigenvalue weighted by atomic mass is 9.45. The fourth-order valence-electron chi connectivity index (χ4n) is 16.6. The first-order chi connectivity index (χ1) is 37.5. The van der Waals surface area contributed by atoms with E-state index in [0.717, 1.165) is 0 Å². The van der Waals surface area contributed by atoms with Crippen LogP contribution in [-0.4, -0.2) is 207 Å². The molecule has 464 valence electrons. The number of aliphatic hydroxyl groups is 6. The zero-order chi connectivity index (χ0) is 60.4. The van der Waals surface area contributed by atoms with Crippen molar-refractivity contribution in [2.45, 2.75) is 250 Å². The number of carbonyl (C=O) groups excluding carboxylic acids is 3. The zero-order valence-corrected chi connectivity index (χ0v) is 51.1. The summed E-state index contributed by atoms with van der Waals surface area (Å²) in [6.07, 6.45) is -8.43. The molecule has 7 rings (SSSR count). The highest BCUT2D eigenvalue weighted by molar-refractivity contribution is 6.01. The predicted octanol–water partition coefficient (Wildman–Crippen LogP) is 4.96. The molecule has 81 heavy (non-hydrogen) atoms. The van der Waals surface area contributed by atoms with Crippen LogP contribution in [0.4, 0.5) is 8.78 Å². The van der Waals surface area contributed by atoms with E-state index in [2.05, 4.69) is 5.32 Å². The highest BCUT2D eigenvalue weighted by atomic mass is 19.1. The van der Waals surface area contributed by atoms with Gasteiger partial charge in [0, 0.05) is 68.4 Å². The molecule has 0 unspecified atom stereocenters. The van der Waals surface area contributed by atoms with Crippen molar-refractivity contribution in [3.63, 3.8) is 0 Å².